The summed E-state index contributed by atoms with van der Waals surface area (Å²) in [7, 11) is 0. The first-order valence-corrected chi connectivity index (χ1v) is 5.70. The van der Waals surface area contributed by atoms with Crippen LogP contribution in [0.25, 0.3) is 0 Å². The highest BCUT2D eigenvalue weighted by atomic mass is 16.1. The van der Waals surface area contributed by atoms with Gasteiger partial charge in [-0.15, -0.1) is 0 Å². The molecular formula is C12H17N3O. The zero-order chi connectivity index (χ0) is 11.5. The molecule has 0 saturated heterocycles. The van der Waals surface area contributed by atoms with Crippen molar-refractivity contribution in [2.75, 3.05) is 5.32 Å². The van der Waals surface area contributed by atoms with E-state index in [1.807, 2.05) is 0 Å². The summed E-state index contributed by atoms with van der Waals surface area (Å²) < 4.78 is 0. The van der Waals surface area contributed by atoms with E-state index < -0.39 is 5.91 Å². The lowest BCUT2D eigenvalue weighted by Crippen LogP contribution is -2.32. The van der Waals surface area contributed by atoms with Crippen LogP contribution in [0, 0.1) is 5.92 Å². The number of aromatic nitrogens is 1. The fraction of sp³-hybridized carbons (Fsp3) is 0.500. The maximum atomic E-state index is 11.2. The molecule has 1 aromatic heterocycles. The molecule has 16 heavy (non-hydrogen) atoms. The quantitative estimate of drug-likeness (QED) is 0.811. The normalized spacial score (nSPS) is 17.6. The van der Waals surface area contributed by atoms with E-state index in [4.69, 9.17) is 5.73 Å². The Morgan fingerprint density at radius 2 is 2.38 bits per heavy atom. The fourth-order valence-corrected chi connectivity index (χ4v) is 1.99. The topological polar surface area (TPSA) is 68.0 Å². The molecule has 0 bridgehead atoms. The first kappa shape index (κ1) is 10.9. The van der Waals surface area contributed by atoms with Gasteiger partial charge in [-0.2, -0.15) is 0 Å². The summed E-state index contributed by atoms with van der Waals surface area (Å²) in [4.78, 5) is 15.4. The lowest BCUT2D eigenvalue weighted by atomic mass is 9.80. The maximum absolute atomic E-state index is 11.2. The van der Waals surface area contributed by atoms with Crippen LogP contribution in [0.2, 0.25) is 0 Å². The average Bonchev–Trinajstić information content (AvgIpc) is 2.15. The minimum absolute atomic E-state index is 0.349. The number of carbonyl (C=O) groups is 1. The number of amides is 1. The molecule has 4 heteroatoms. The van der Waals surface area contributed by atoms with E-state index in [-0.39, 0.29) is 0 Å². The molecule has 0 aliphatic heterocycles. The highest BCUT2D eigenvalue weighted by molar-refractivity contribution is 5.97. The highest BCUT2D eigenvalue weighted by Crippen LogP contribution is 2.31. The van der Waals surface area contributed by atoms with Crippen LogP contribution in [0.15, 0.2) is 18.3 Å². The van der Waals surface area contributed by atoms with E-state index >= 15 is 0 Å². The molecule has 0 aromatic carbocycles. The number of nitrogens with zero attached hydrogens (tertiary/aromatic N) is 1. The van der Waals surface area contributed by atoms with Gasteiger partial charge in [0.1, 0.15) is 5.82 Å². The van der Waals surface area contributed by atoms with Crippen LogP contribution >= 0.6 is 0 Å². The third kappa shape index (κ3) is 2.15. The molecule has 86 valence electrons. The molecular weight excluding hydrogens is 202 g/mol. The first-order chi connectivity index (χ1) is 7.68. The summed E-state index contributed by atoms with van der Waals surface area (Å²) in [6.45, 7) is 2.13. The number of hydrogen-bond acceptors (Lipinski definition) is 3. The van der Waals surface area contributed by atoms with Crippen molar-refractivity contribution in [3.05, 3.63) is 23.9 Å². The standard InChI is InChI=1S/C12H17N3O/c1-8(9-4-2-5-9)15-12-10(11(13)16)6-3-7-14-12/h3,6-9H,2,4-5H2,1H3,(H2,13,16)(H,14,15). The van der Waals surface area contributed by atoms with Crippen molar-refractivity contribution in [2.24, 2.45) is 11.7 Å². The average molecular weight is 219 g/mol. The lowest BCUT2D eigenvalue weighted by Gasteiger charge is -2.32. The molecule has 1 heterocycles. The number of rotatable bonds is 4. The van der Waals surface area contributed by atoms with Gasteiger partial charge in [0.25, 0.3) is 5.91 Å². The van der Waals surface area contributed by atoms with Gasteiger partial charge in [0.2, 0.25) is 0 Å². The smallest absolute Gasteiger partial charge is 0.252 e. The second-order valence-corrected chi connectivity index (χ2v) is 4.39. The van der Waals surface area contributed by atoms with Crippen LogP contribution < -0.4 is 11.1 Å². The summed E-state index contributed by atoms with van der Waals surface area (Å²) in [6.07, 6.45) is 5.49. The highest BCUT2D eigenvalue weighted by Gasteiger charge is 2.24. The van der Waals surface area contributed by atoms with Crippen molar-refractivity contribution in [3.8, 4) is 0 Å². The minimum Gasteiger partial charge on any atom is -0.367 e. The number of nitrogens with one attached hydrogen (secondary N) is 1. The van der Waals surface area contributed by atoms with Gasteiger partial charge in [-0.3, -0.25) is 4.79 Å². The Morgan fingerprint density at radius 3 is 2.94 bits per heavy atom. The predicted octanol–water partition coefficient (Wildman–Crippen LogP) is 1.78. The second kappa shape index (κ2) is 4.51. The van der Waals surface area contributed by atoms with Crippen LogP contribution in [0.1, 0.15) is 36.5 Å². The molecule has 1 amide bonds. The van der Waals surface area contributed by atoms with E-state index in [1.54, 1.807) is 18.3 Å². The van der Waals surface area contributed by atoms with Gasteiger partial charge in [0, 0.05) is 12.2 Å². The van der Waals surface area contributed by atoms with Crippen molar-refractivity contribution >= 4 is 11.7 Å². The minimum atomic E-state index is -0.434. The zero-order valence-corrected chi connectivity index (χ0v) is 9.44. The number of carbonyl (C=O) groups excluding carboxylic acids is 1. The summed E-state index contributed by atoms with van der Waals surface area (Å²) >= 11 is 0. The molecule has 2 rings (SSSR count). The molecule has 1 aromatic rings. The predicted molar refractivity (Wildman–Crippen MR) is 63.2 cm³/mol. The Labute approximate surface area is 95.3 Å². The van der Waals surface area contributed by atoms with Crippen molar-refractivity contribution < 1.29 is 4.79 Å². The van der Waals surface area contributed by atoms with Crippen LogP contribution in [0.5, 0.6) is 0 Å². The monoisotopic (exact) mass is 219 g/mol. The SMILES string of the molecule is CC(Nc1ncccc1C(N)=O)C1CCC1. The molecule has 0 spiro atoms. The Balaban J connectivity index is 2.10. The van der Waals surface area contributed by atoms with Crippen LogP contribution in [-0.2, 0) is 0 Å². The first-order valence-electron chi connectivity index (χ1n) is 5.70. The van der Waals surface area contributed by atoms with Gasteiger partial charge >= 0.3 is 0 Å². The Kier molecular flexibility index (Phi) is 3.08. The number of pyridine rings is 1. The van der Waals surface area contributed by atoms with E-state index in [1.165, 1.54) is 19.3 Å². The van der Waals surface area contributed by atoms with Crippen molar-refractivity contribution in [2.45, 2.75) is 32.2 Å². The van der Waals surface area contributed by atoms with Gasteiger partial charge in [-0.25, -0.2) is 4.98 Å². The Morgan fingerprint density at radius 1 is 1.62 bits per heavy atom. The summed E-state index contributed by atoms with van der Waals surface area (Å²) in [5, 5.41) is 3.28. The molecule has 4 nitrogen and oxygen atoms in total. The number of anilines is 1. The van der Waals surface area contributed by atoms with Crippen molar-refractivity contribution in [1.82, 2.24) is 4.98 Å². The summed E-state index contributed by atoms with van der Waals surface area (Å²) in [5.74, 6) is 0.869. The third-order valence-electron chi connectivity index (χ3n) is 3.29. The summed E-state index contributed by atoms with van der Waals surface area (Å²) in [6, 6.07) is 3.77. The fourth-order valence-electron chi connectivity index (χ4n) is 1.99. The number of nitrogens with two attached hydrogens (primary N) is 1. The van der Waals surface area contributed by atoms with Crippen LogP contribution in [0.3, 0.4) is 0 Å². The number of hydrogen-bond donors (Lipinski definition) is 2. The van der Waals surface area contributed by atoms with Crippen LogP contribution in [-0.4, -0.2) is 16.9 Å². The van der Waals surface area contributed by atoms with E-state index in [9.17, 15) is 4.79 Å². The molecule has 1 aliphatic rings. The van der Waals surface area contributed by atoms with E-state index in [0.717, 1.165) is 0 Å². The van der Waals surface area contributed by atoms with Crippen molar-refractivity contribution in [3.63, 3.8) is 0 Å². The molecule has 1 saturated carbocycles. The molecule has 1 fully saturated rings. The lowest BCUT2D eigenvalue weighted by molar-refractivity contribution is 0.100. The third-order valence-corrected chi connectivity index (χ3v) is 3.29. The zero-order valence-electron chi connectivity index (χ0n) is 9.44. The van der Waals surface area contributed by atoms with Gasteiger partial charge in [-0.05, 0) is 37.8 Å². The van der Waals surface area contributed by atoms with Gasteiger partial charge in [-0.1, -0.05) is 6.42 Å². The number of primary amides is 1. The Bertz CT molecular complexity index is 388. The Hall–Kier alpha value is -1.58. The van der Waals surface area contributed by atoms with Crippen molar-refractivity contribution in [1.29, 1.82) is 0 Å². The molecule has 1 atom stereocenters. The van der Waals surface area contributed by atoms with Crippen LogP contribution in [0.4, 0.5) is 5.82 Å². The van der Waals surface area contributed by atoms with Gasteiger partial charge in [0.15, 0.2) is 0 Å². The largest absolute Gasteiger partial charge is 0.367 e. The molecule has 0 radical (unpaired) electrons. The van der Waals surface area contributed by atoms with Gasteiger partial charge in [0.05, 0.1) is 5.56 Å². The molecule has 1 unspecified atom stereocenters. The maximum Gasteiger partial charge on any atom is 0.252 e. The molecule has 1 aliphatic carbocycles. The second-order valence-electron chi connectivity index (χ2n) is 4.39. The van der Waals surface area contributed by atoms with E-state index in [2.05, 4.69) is 17.2 Å². The van der Waals surface area contributed by atoms with Gasteiger partial charge < -0.3 is 11.1 Å². The molecule has 3 N–H and O–H groups in total. The summed E-state index contributed by atoms with van der Waals surface area (Å²) in [5.41, 5.74) is 5.76. The van der Waals surface area contributed by atoms with E-state index in [0.29, 0.717) is 23.3 Å².